The Balaban J connectivity index is 2.41. The maximum absolute atomic E-state index is 11.7. The van der Waals surface area contributed by atoms with E-state index in [9.17, 15) is 13.5 Å². The fraction of sp³-hybridized carbons (Fsp3) is 0.467. The number of nitrogens with zero attached hydrogens (tertiary/aromatic N) is 2. The first-order chi connectivity index (χ1) is 10.3. The maximum Gasteiger partial charge on any atom is 0.175 e. The van der Waals surface area contributed by atoms with Crippen molar-refractivity contribution in [3.63, 3.8) is 0 Å². The zero-order valence-electron chi connectivity index (χ0n) is 13.0. The Labute approximate surface area is 130 Å². The van der Waals surface area contributed by atoms with Crippen molar-refractivity contribution >= 4 is 26.6 Å². The first kappa shape index (κ1) is 16.6. The number of sulfone groups is 1. The van der Waals surface area contributed by atoms with E-state index in [1.54, 1.807) is 12.1 Å². The molecular formula is C15H21N3O3S. The van der Waals surface area contributed by atoms with Gasteiger partial charge in [-0.05, 0) is 31.0 Å². The number of benzene rings is 1. The van der Waals surface area contributed by atoms with Gasteiger partial charge in [-0.2, -0.15) is 0 Å². The average molecular weight is 323 g/mol. The van der Waals surface area contributed by atoms with Crippen molar-refractivity contribution in [3.8, 4) is 0 Å². The second kappa shape index (κ2) is 6.18. The van der Waals surface area contributed by atoms with Gasteiger partial charge in [0, 0.05) is 18.2 Å². The average Bonchev–Trinajstić information content (AvgIpc) is 2.51. The molecule has 2 aromatic rings. The molecule has 22 heavy (non-hydrogen) atoms. The molecule has 0 saturated carbocycles. The largest absolute Gasteiger partial charge is 0.388 e. The van der Waals surface area contributed by atoms with Crippen LogP contribution in [0.2, 0.25) is 0 Å². The number of anilines is 1. The summed E-state index contributed by atoms with van der Waals surface area (Å²) < 4.78 is 23.4. The normalized spacial score (nSPS) is 12.5. The van der Waals surface area contributed by atoms with Gasteiger partial charge in [0.2, 0.25) is 0 Å². The van der Waals surface area contributed by atoms with Gasteiger partial charge in [0.1, 0.15) is 12.1 Å². The van der Waals surface area contributed by atoms with Crippen molar-refractivity contribution in [2.24, 2.45) is 0 Å². The van der Waals surface area contributed by atoms with E-state index in [-0.39, 0.29) is 4.90 Å². The van der Waals surface area contributed by atoms with Crippen molar-refractivity contribution in [1.29, 1.82) is 0 Å². The molecule has 6 nitrogen and oxygen atoms in total. The molecule has 0 bridgehead atoms. The minimum Gasteiger partial charge on any atom is -0.388 e. The molecule has 1 heterocycles. The molecule has 0 atom stereocenters. The molecule has 7 heteroatoms. The van der Waals surface area contributed by atoms with Gasteiger partial charge in [0.05, 0.1) is 16.0 Å². The zero-order valence-corrected chi connectivity index (χ0v) is 13.8. The van der Waals surface area contributed by atoms with E-state index < -0.39 is 15.4 Å². The summed E-state index contributed by atoms with van der Waals surface area (Å²) in [5, 5.41) is 14.1. The number of hydrogen-bond donors (Lipinski definition) is 2. The van der Waals surface area contributed by atoms with Gasteiger partial charge < -0.3 is 10.4 Å². The number of rotatable bonds is 6. The third-order valence-corrected chi connectivity index (χ3v) is 5.05. The van der Waals surface area contributed by atoms with Crippen molar-refractivity contribution in [2.75, 3.05) is 18.1 Å². The van der Waals surface area contributed by atoms with Gasteiger partial charge in [-0.3, -0.25) is 0 Å². The number of nitrogens with one attached hydrogen (secondary N) is 1. The molecule has 0 amide bonds. The van der Waals surface area contributed by atoms with Crippen molar-refractivity contribution in [1.82, 2.24) is 9.97 Å². The van der Waals surface area contributed by atoms with E-state index in [1.165, 1.54) is 12.4 Å². The van der Waals surface area contributed by atoms with Crippen LogP contribution < -0.4 is 5.32 Å². The second-order valence-electron chi connectivity index (χ2n) is 5.46. The number of aliphatic hydroxyl groups is 1. The van der Waals surface area contributed by atoms with Gasteiger partial charge in [0.25, 0.3) is 0 Å². The lowest BCUT2D eigenvalue weighted by atomic mass is 9.97. The predicted molar refractivity (Wildman–Crippen MR) is 86.7 cm³/mol. The van der Waals surface area contributed by atoms with E-state index in [4.69, 9.17) is 0 Å². The first-order valence-corrected chi connectivity index (χ1v) is 9.09. The Bertz CT molecular complexity index is 771. The van der Waals surface area contributed by atoms with E-state index in [1.807, 2.05) is 13.8 Å². The quantitative estimate of drug-likeness (QED) is 0.844. The maximum atomic E-state index is 11.7. The smallest absolute Gasteiger partial charge is 0.175 e. The molecule has 0 spiro atoms. The molecule has 1 aromatic carbocycles. The highest BCUT2D eigenvalue weighted by atomic mass is 32.2. The number of aromatic nitrogens is 2. The molecule has 0 aliphatic heterocycles. The fourth-order valence-electron chi connectivity index (χ4n) is 2.16. The summed E-state index contributed by atoms with van der Waals surface area (Å²) in [6, 6.07) is 4.75. The molecule has 1 aromatic heterocycles. The zero-order chi connectivity index (χ0) is 16.4. The van der Waals surface area contributed by atoms with Crippen LogP contribution in [0, 0.1) is 0 Å². The lowest BCUT2D eigenvalue weighted by molar-refractivity contribution is 0.0456. The van der Waals surface area contributed by atoms with Gasteiger partial charge >= 0.3 is 0 Å². The summed E-state index contributed by atoms with van der Waals surface area (Å²) in [7, 11) is -3.30. The van der Waals surface area contributed by atoms with Crippen LogP contribution in [0.3, 0.4) is 0 Å². The van der Waals surface area contributed by atoms with E-state index >= 15 is 0 Å². The molecular weight excluding hydrogens is 302 g/mol. The van der Waals surface area contributed by atoms with Crippen LogP contribution in [-0.4, -0.2) is 41.9 Å². The molecule has 2 N–H and O–H groups in total. The highest BCUT2D eigenvalue weighted by molar-refractivity contribution is 7.90. The van der Waals surface area contributed by atoms with Crippen LogP contribution in [0.5, 0.6) is 0 Å². The highest BCUT2D eigenvalue weighted by Crippen LogP contribution is 2.24. The second-order valence-corrected chi connectivity index (χ2v) is 7.47. The molecule has 0 radical (unpaired) electrons. The lowest BCUT2D eigenvalue weighted by Crippen LogP contribution is -2.35. The number of hydrogen-bond acceptors (Lipinski definition) is 6. The molecule has 0 aliphatic carbocycles. The fourth-order valence-corrected chi connectivity index (χ4v) is 2.80. The molecule has 0 unspecified atom stereocenters. The van der Waals surface area contributed by atoms with E-state index in [2.05, 4.69) is 15.3 Å². The Morgan fingerprint density at radius 3 is 2.50 bits per heavy atom. The monoisotopic (exact) mass is 323 g/mol. The van der Waals surface area contributed by atoms with Crippen LogP contribution in [0.15, 0.2) is 29.4 Å². The van der Waals surface area contributed by atoms with E-state index in [0.717, 1.165) is 6.26 Å². The van der Waals surface area contributed by atoms with Gasteiger partial charge in [-0.15, -0.1) is 0 Å². The van der Waals surface area contributed by atoms with Crippen LogP contribution in [-0.2, 0) is 9.84 Å². The Morgan fingerprint density at radius 1 is 1.23 bits per heavy atom. The summed E-state index contributed by atoms with van der Waals surface area (Å²) in [6.07, 6.45) is 3.82. The standard InChI is InChI=1S/C15H21N3O3S/c1-4-15(19,5-2)9-16-14-12-8-11(22(3,20)21)6-7-13(12)17-10-18-14/h6-8,10,19H,4-5,9H2,1-3H3,(H,16,17,18). The third kappa shape index (κ3) is 3.53. The van der Waals surface area contributed by atoms with Crippen LogP contribution in [0.4, 0.5) is 5.82 Å². The Kier molecular flexibility index (Phi) is 4.67. The number of fused-ring (bicyclic) bond motifs is 1. The van der Waals surface area contributed by atoms with Crippen LogP contribution in [0.25, 0.3) is 10.9 Å². The van der Waals surface area contributed by atoms with Crippen molar-refractivity contribution < 1.29 is 13.5 Å². The minimum absolute atomic E-state index is 0.221. The highest BCUT2D eigenvalue weighted by Gasteiger charge is 2.22. The summed E-state index contributed by atoms with van der Waals surface area (Å²) in [5.74, 6) is 0.524. The van der Waals surface area contributed by atoms with Crippen LogP contribution >= 0.6 is 0 Å². The van der Waals surface area contributed by atoms with Crippen molar-refractivity contribution in [3.05, 3.63) is 24.5 Å². The summed E-state index contributed by atoms with van der Waals surface area (Å²) in [5.41, 5.74) is -0.160. The SMILES string of the molecule is CCC(O)(CC)CNc1ncnc2ccc(S(C)(=O)=O)cc12. The predicted octanol–water partition coefficient (Wildman–Crippen LogP) is 2.00. The van der Waals surface area contributed by atoms with Gasteiger partial charge in [-0.1, -0.05) is 13.8 Å². The molecule has 0 saturated heterocycles. The Hall–Kier alpha value is -1.73. The summed E-state index contributed by atoms with van der Waals surface area (Å²) in [4.78, 5) is 8.54. The van der Waals surface area contributed by atoms with E-state index in [0.29, 0.717) is 36.1 Å². The lowest BCUT2D eigenvalue weighted by Gasteiger charge is -2.25. The molecule has 120 valence electrons. The molecule has 2 rings (SSSR count). The minimum atomic E-state index is -3.30. The summed E-state index contributed by atoms with van der Waals surface area (Å²) >= 11 is 0. The van der Waals surface area contributed by atoms with Crippen molar-refractivity contribution in [2.45, 2.75) is 37.2 Å². The Morgan fingerprint density at radius 2 is 1.91 bits per heavy atom. The third-order valence-electron chi connectivity index (χ3n) is 3.94. The molecule has 0 aliphatic rings. The topological polar surface area (TPSA) is 92.2 Å². The van der Waals surface area contributed by atoms with Gasteiger partial charge in [-0.25, -0.2) is 18.4 Å². The van der Waals surface area contributed by atoms with Gasteiger partial charge in [0.15, 0.2) is 9.84 Å². The first-order valence-electron chi connectivity index (χ1n) is 7.20. The van der Waals surface area contributed by atoms with Crippen LogP contribution in [0.1, 0.15) is 26.7 Å². The molecule has 0 fully saturated rings. The summed E-state index contributed by atoms with van der Waals surface area (Å²) in [6.45, 7) is 4.19.